The molecule has 8 heteroatoms. The monoisotopic (exact) mass is 355 g/mol. The third-order valence-electron chi connectivity index (χ3n) is 2.87. The fourth-order valence-electron chi connectivity index (χ4n) is 1.83. The van der Waals surface area contributed by atoms with Gasteiger partial charge in [-0.2, -0.15) is 10.2 Å². The Bertz CT molecular complexity index is 588. The highest BCUT2D eigenvalue weighted by atomic mass is 79.9. The van der Waals surface area contributed by atoms with Gasteiger partial charge < -0.3 is 10.1 Å². The summed E-state index contributed by atoms with van der Waals surface area (Å²) in [4.78, 5) is 11.9. The van der Waals surface area contributed by atoms with Gasteiger partial charge in [0.2, 0.25) is 0 Å². The molecule has 2 heterocycles. The molecule has 0 fully saturated rings. The molecule has 0 atom stereocenters. The van der Waals surface area contributed by atoms with Crippen molar-refractivity contribution in [1.82, 2.24) is 24.9 Å². The van der Waals surface area contributed by atoms with E-state index in [2.05, 4.69) is 31.4 Å². The van der Waals surface area contributed by atoms with Gasteiger partial charge in [0.05, 0.1) is 10.2 Å². The molecule has 0 radical (unpaired) electrons. The summed E-state index contributed by atoms with van der Waals surface area (Å²) in [7, 11) is 1.58. The van der Waals surface area contributed by atoms with Crippen molar-refractivity contribution in [2.45, 2.75) is 26.6 Å². The van der Waals surface area contributed by atoms with E-state index in [1.165, 1.54) is 0 Å². The Morgan fingerprint density at radius 2 is 2.24 bits per heavy atom. The molecule has 0 spiro atoms. The molecule has 0 aliphatic rings. The lowest BCUT2D eigenvalue weighted by Gasteiger charge is -2.04. The number of hydrogen-bond acceptors (Lipinski definition) is 4. The molecule has 2 rings (SSSR count). The predicted octanol–water partition coefficient (Wildman–Crippen LogP) is 1.57. The lowest BCUT2D eigenvalue weighted by Crippen LogP contribution is -2.26. The summed E-state index contributed by atoms with van der Waals surface area (Å²) in [6.45, 7) is 3.61. The van der Waals surface area contributed by atoms with E-state index in [1.807, 2.05) is 17.8 Å². The van der Waals surface area contributed by atoms with Crippen molar-refractivity contribution >= 4 is 21.8 Å². The standard InChI is InChI=1S/C13H18BrN5O2/c1-10-11(14)8-18(16-10)6-3-5-15-13(20)12-4-7-19(17-12)9-21-2/h4,7-8H,3,5-6,9H2,1-2H3,(H,15,20). The Kier molecular flexibility index (Phi) is 5.51. The van der Waals surface area contributed by atoms with Crippen LogP contribution >= 0.6 is 15.9 Å². The van der Waals surface area contributed by atoms with Crippen LogP contribution in [0.5, 0.6) is 0 Å². The van der Waals surface area contributed by atoms with Crippen LogP contribution in [-0.2, 0) is 18.0 Å². The highest BCUT2D eigenvalue weighted by Crippen LogP contribution is 2.13. The van der Waals surface area contributed by atoms with Gasteiger partial charge in [-0.3, -0.25) is 9.48 Å². The summed E-state index contributed by atoms with van der Waals surface area (Å²) >= 11 is 3.42. The average molecular weight is 356 g/mol. The maximum absolute atomic E-state index is 11.9. The van der Waals surface area contributed by atoms with Crippen molar-refractivity contribution in [1.29, 1.82) is 0 Å². The maximum Gasteiger partial charge on any atom is 0.271 e. The minimum atomic E-state index is -0.178. The zero-order valence-electron chi connectivity index (χ0n) is 12.0. The van der Waals surface area contributed by atoms with Gasteiger partial charge in [0.1, 0.15) is 12.4 Å². The van der Waals surface area contributed by atoms with Gasteiger partial charge in [0, 0.05) is 32.6 Å². The summed E-state index contributed by atoms with van der Waals surface area (Å²) in [6, 6.07) is 1.67. The van der Waals surface area contributed by atoms with E-state index >= 15 is 0 Å². The maximum atomic E-state index is 11.9. The van der Waals surface area contributed by atoms with Crippen LogP contribution in [0.1, 0.15) is 22.6 Å². The zero-order chi connectivity index (χ0) is 15.2. The van der Waals surface area contributed by atoms with E-state index in [0.717, 1.165) is 23.1 Å². The van der Waals surface area contributed by atoms with Crippen LogP contribution in [0.25, 0.3) is 0 Å². The Hall–Kier alpha value is -1.67. The minimum Gasteiger partial charge on any atom is -0.362 e. The number of carbonyl (C=O) groups excluding carboxylic acids is 1. The SMILES string of the molecule is COCn1ccc(C(=O)NCCCn2cc(Br)c(C)n2)n1. The molecule has 0 saturated carbocycles. The molecule has 0 aliphatic carbocycles. The summed E-state index contributed by atoms with van der Waals surface area (Å²) in [5.41, 5.74) is 1.35. The molecule has 0 bridgehead atoms. The molecule has 7 nitrogen and oxygen atoms in total. The lowest BCUT2D eigenvalue weighted by atomic mass is 10.3. The van der Waals surface area contributed by atoms with Gasteiger partial charge in [-0.25, -0.2) is 4.68 Å². The number of ether oxygens (including phenoxy) is 1. The number of nitrogens with zero attached hydrogens (tertiary/aromatic N) is 4. The molecule has 114 valence electrons. The van der Waals surface area contributed by atoms with Gasteiger partial charge in [-0.05, 0) is 35.3 Å². The van der Waals surface area contributed by atoms with Crippen LogP contribution in [0.4, 0.5) is 0 Å². The predicted molar refractivity (Wildman–Crippen MR) is 80.9 cm³/mol. The molecule has 1 N–H and O–H groups in total. The number of halogens is 1. The summed E-state index contributed by atoms with van der Waals surface area (Å²) in [5.74, 6) is -0.178. The highest BCUT2D eigenvalue weighted by Gasteiger charge is 2.08. The van der Waals surface area contributed by atoms with Crippen LogP contribution in [-0.4, -0.2) is 39.1 Å². The first-order valence-electron chi connectivity index (χ1n) is 6.60. The first-order valence-corrected chi connectivity index (χ1v) is 7.39. The van der Waals surface area contributed by atoms with Gasteiger partial charge in [0.25, 0.3) is 5.91 Å². The van der Waals surface area contributed by atoms with E-state index in [4.69, 9.17) is 4.74 Å². The van der Waals surface area contributed by atoms with Crippen molar-refractivity contribution in [2.75, 3.05) is 13.7 Å². The smallest absolute Gasteiger partial charge is 0.271 e. The van der Waals surface area contributed by atoms with E-state index in [0.29, 0.717) is 19.0 Å². The number of carbonyl (C=O) groups is 1. The lowest BCUT2D eigenvalue weighted by molar-refractivity contribution is 0.0939. The van der Waals surface area contributed by atoms with Crippen molar-refractivity contribution in [2.24, 2.45) is 0 Å². The van der Waals surface area contributed by atoms with E-state index in [9.17, 15) is 4.79 Å². The zero-order valence-corrected chi connectivity index (χ0v) is 13.6. The summed E-state index contributed by atoms with van der Waals surface area (Å²) in [5, 5.41) is 11.3. The van der Waals surface area contributed by atoms with E-state index in [1.54, 1.807) is 24.1 Å². The molecule has 0 aromatic carbocycles. The average Bonchev–Trinajstić information content (AvgIpc) is 3.03. The first kappa shape index (κ1) is 15.7. The van der Waals surface area contributed by atoms with E-state index in [-0.39, 0.29) is 5.91 Å². The fourth-order valence-corrected chi connectivity index (χ4v) is 2.14. The second kappa shape index (κ2) is 7.37. The third-order valence-corrected chi connectivity index (χ3v) is 3.65. The highest BCUT2D eigenvalue weighted by molar-refractivity contribution is 9.10. The van der Waals surface area contributed by atoms with Gasteiger partial charge in [0.15, 0.2) is 0 Å². The van der Waals surface area contributed by atoms with Gasteiger partial charge in [-0.15, -0.1) is 0 Å². The largest absolute Gasteiger partial charge is 0.362 e. The second-order valence-corrected chi connectivity index (χ2v) is 5.45. The Morgan fingerprint density at radius 3 is 2.90 bits per heavy atom. The summed E-state index contributed by atoms with van der Waals surface area (Å²) < 4.78 is 9.36. The topological polar surface area (TPSA) is 74.0 Å². The summed E-state index contributed by atoms with van der Waals surface area (Å²) in [6.07, 6.45) is 4.45. The number of nitrogens with one attached hydrogen (secondary N) is 1. The van der Waals surface area contributed by atoms with Crippen LogP contribution in [0.2, 0.25) is 0 Å². The molecule has 0 aliphatic heterocycles. The van der Waals surface area contributed by atoms with E-state index < -0.39 is 0 Å². The fraction of sp³-hybridized carbons (Fsp3) is 0.462. The van der Waals surface area contributed by atoms with Crippen molar-refractivity contribution in [3.63, 3.8) is 0 Å². The molecular formula is C13H18BrN5O2. The Labute approximate surface area is 131 Å². The van der Waals surface area contributed by atoms with Crippen LogP contribution < -0.4 is 5.32 Å². The molecule has 21 heavy (non-hydrogen) atoms. The number of aryl methyl sites for hydroxylation is 2. The van der Waals surface area contributed by atoms with Crippen molar-refractivity contribution < 1.29 is 9.53 Å². The van der Waals surface area contributed by atoms with Crippen LogP contribution in [0.15, 0.2) is 22.9 Å². The van der Waals surface area contributed by atoms with Gasteiger partial charge in [-0.1, -0.05) is 0 Å². The Morgan fingerprint density at radius 1 is 1.43 bits per heavy atom. The molecule has 2 aromatic heterocycles. The van der Waals surface area contributed by atoms with Gasteiger partial charge >= 0.3 is 0 Å². The Balaban J connectivity index is 1.73. The molecule has 2 aromatic rings. The van der Waals surface area contributed by atoms with Crippen LogP contribution in [0, 0.1) is 6.92 Å². The minimum absolute atomic E-state index is 0.178. The number of amides is 1. The number of rotatable bonds is 7. The van der Waals surface area contributed by atoms with Crippen molar-refractivity contribution in [3.05, 3.63) is 34.3 Å². The first-order chi connectivity index (χ1) is 10.1. The molecule has 0 unspecified atom stereocenters. The number of methoxy groups -OCH3 is 1. The number of hydrogen-bond donors (Lipinski definition) is 1. The normalized spacial score (nSPS) is 10.8. The molecule has 0 saturated heterocycles. The third kappa shape index (κ3) is 4.40. The quantitative estimate of drug-likeness (QED) is 0.765. The van der Waals surface area contributed by atoms with Crippen molar-refractivity contribution in [3.8, 4) is 0 Å². The molecule has 1 amide bonds. The van der Waals surface area contributed by atoms with Crippen LogP contribution in [0.3, 0.4) is 0 Å². The second-order valence-electron chi connectivity index (χ2n) is 4.59. The molecular weight excluding hydrogens is 338 g/mol. The number of aromatic nitrogens is 4.